The molecule has 2 aliphatic heterocycles. The highest BCUT2D eigenvalue weighted by Gasteiger charge is 2.28. The lowest BCUT2D eigenvalue weighted by molar-refractivity contribution is -0.134. The predicted octanol–water partition coefficient (Wildman–Crippen LogP) is 2.47. The van der Waals surface area contributed by atoms with Crippen molar-refractivity contribution in [3.63, 3.8) is 0 Å². The molecule has 1 fully saturated rings. The van der Waals surface area contributed by atoms with E-state index in [1.807, 2.05) is 7.05 Å². The van der Waals surface area contributed by atoms with Crippen molar-refractivity contribution in [1.29, 1.82) is 0 Å². The predicted molar refractivity (Wildman–Crippen MR) is 118 cm³/mol. The van der Waals surface area contributed by atoms with Crippen molar-refractivity contribution < 1.29 is 28.5 Å². The lowest BCUT2D eigenvalue weighted by Crippen LogP contribution is -2.48. The van der Waals surface area contributed by atoms with Crippen molar-refractivity contribution >= 4 is 17.8 Å². The molecule has 0 radical (unpaired) electrons. The zero-order valence-electron chi connectivity index (χ0n) is 18.4. The normalized spacial score (nSPS) is 17.2. The molecule has 168 valence electrons. The number of piperazine rings is 1. The van der Waals surface area contributed by atoms with Crippen molar-refractivity contribution in [2.24, 2.45) is 0 Å². The summed E-state index contributed by atoms with van der Waals surface area (Å²) in [6.07, 6.45) is 1.64. The Hall–Kier alpha value is -3.52. The number of benzene rings is 2. The number of nitrogens with zero attached hydrogens (tertiary/aromatic N) is 2. The van der Waals surface area contributed by atoms with E-state index in [1.165, 1.54) is 0 Å². The molecular weight excluding hydrogens is 412 g/mol. The summed E-state index contributed by atoms with van der Waals surface area (Å²) in [5.74, 6) is 2.00. The molecule has 0 N–H and O–H groups in total. The van der Waals surface area contributed by atoms with Crippen LogP contribution in [-0.4, -0.2) is 75.5 Å². The minimum atomic E-state index is -0.224. The number of ether oxygens (including phenoxy) is 4. The Morgan fingerprint density at radius 1 is 1.03 bits per heavy atom. The van der Waals surface area contributed by atoms with Gasteiger partial charge in [0.25, 0.3) is 5.91 Å². The first-order valence-electron chi connectivity index (χ1n) is 10.4. The second-order valence-electron chi connectivity index (χ2n) is 7.68. The third kappa shape index (κ3) is 4.55. The average Bonchev–Trinajstić information content (AvgIpc) is 3.12. The Balaban J connectivity index is 1.44. The Bertz CT molecular complexity index is 1060. The van der Waals surface area contributed by atoms with E-state index in [1.54, 1.807) is 61.6 Å². The zero-order chi connectivity index (χ0) is 22.7. The number of carbonyl (C=O) groups excluding carboxylic acids is 2. The largest absolute Gasteiger partial charge is 0.497 e. The van der Waals surface area contributed by atoms with Gasteiger partial charge in [0.05, 0.1) is 19.8 Å². The first-order valence-corrected chi connectivity index (χ1v) is 10.4. The number of hydrogen-bond donors (Lipinski definition) is 0. The number of hydrogen-bond acceptors (Lipinski definition) is 7. The van der Waals surface area contributed by atoms with Gasteiger partial charge in [0.15, 0.2) is 12.4 Å². The second-order valence-corrected chi connectivity index (χ2v) is 7.68. The van der Waals surface area contributed by atoms with Gasteiger partial charge in [-0.15, -0.1) is 0 Å². The molecule has 0 atom stereocenters. The highest BCUT2D eigenvalue weighted by Crippen LogP contribution is 2.36. The highest BCUT2D eigenvalue weighted by molar-refractivity contribution is 6.14. The van der Waals surface area contributed by atoms with E-state index >= 15 is 0 Å². The van der Waals surface area contributed by atoms with Gasteiger partial charge in [-0.1, -0.05) is 0 Å². The Kier molecular flexibility index (Phi) is 6.32. The molecule has 0 aliphatic carbocycles. The number of ketones is 1. The fraction of sp³-hybridized carbons (Fsp3) is 0.333. The smallest absolute Gasteiger partial charge is 0.260 e. The lowest BCUT2D eigenvalue weighted by atomic mass is 10.1. The zero-order valence-corrected chi connectivity index (χ0v) is 18.4. The summed E-state index contributed by atoms with van der Waals surface area (Å²) in [4.78, 5) is 29.2. The molecular formula is C24H26N2O6. The van der Waals surface area contributed by atoms with E-state index < -0.39 is 0 Å². The summed E-state index contributed by atoms with van der Waals surface area (Å²) in [6, 6.07) is 10.3. The topological polar surface area (TPSA) is 77.5 Å². The third-order valence-corrected chi connectivity index (χ3v) is 5.59. The van der Waals surface area contributed by atoms with Gasteiger partial charge in [0.2, 0.25) is 5.78 Å². The Morgan fingerprint density at radius 3 is 2.50 bits per heavy atom. The summed E-state index contributed by atoms with van der Waals surface area (Å²) in [5, 5.41) is 0. The maximum absolute atomic E-state index is 12.8. The monoisotopic (exact) mass is 438 g/mol. The molecule has 0 unspecified atom stereocenters. The molecule has 32 heavy (non-hydrogen) atoms. The van der Waals surface area contributed by atoms with Crippen LogP contribution < -0.4 is 18.9 Å². The van der Waals surface area contributed by atoms with Gasteiger partial charge in [0, 0.05) is 43.9 Å². The van der Waals surface area contributed by atoms with E-state index in [2.05, 4.69) is 4.90 Å². The third-order valence-electron chi connectivity index (χ3n) is 5.59. The number of Topliss-reactive ketones (excluding diaryl/α,β-unsaturated/α-hetero) is 1. The molecule has 0 saturated carbocycles. The standard InChI is InChI=1S/C24H26N2O6/c1-25-8-10-26(11-9-25)23(27)15-31-18-6-7-19-21(14-18)32-22(24(19)28)12-16-4-5-17(29-2)13-20(16)30-3/h4-7,12-14H,8-11,15H2,1-3H3. The Labute approximate surface area is 186 Å². The Morgan fingerprint density at radius 2 is 1.78 bits per heavy atom. The van der Waals surface area contributed by atoms with Gasteiger partial charge in [-0.25, -0.2) is 0 Å². The van der Waals surface area contributed by atoms with Crippen LogP contribution in [0.25, 0.3) is 6.08 Å². The van der Waals surface area contributed by atoms with E-state index in [9.17, 15) is 9.59 Å². The van der Waals surface area contributed by atoms with Crippen LogP contribution >= 0.6 is 0 Å². The molecule has 0 aromatic heterocycles. The van der Waals surface area contributed by atoms with Crippen LogP contribution in [0, 0.1) is 0 Å². The van der Waals surface area contributed by atoms with Gasteiger partial charge in [-0.3, -0.25) is 9.59 Å². The molecule has 0 spiro atoms. The van der Waals surface area contributed by atoms with Crippen LogP contribution in [0.1, 0.15) is 15.9 Å². The minimum Gasteiger partial charge on any atom is -0.497 e. The summed E-state index contributed by atoms with van der Waals surface area (Å²) in [6.45, 7) is 3.05. The van der Waals surface area contributed by atoms with Crippen LogP contribution in [0.4, 0.5) is 0 Å². The summed E-state index contributed by atoms with van der Waals surface area (Å²) in [5.41, 5.74) is 1.14. The first-order chi connectivity index (χ1) is 15.5. The van der Waals surface area contributed by atoms with Gasteiger partial charge >= 0.3 is 0 Å². The quantitative estimate of drug-likeness (QED) is 0.641. The van der Waals surface area contributed by atoms with E-state index in [0.717, 1.165) is 13.1 Å². The first kappa shape index (κ1) is 21.7. The maximum Gasteiger partial charge on any atom is 0.260 e. The summed E-state index contributed by atoms with van der Waals surface area (Å²) >= 11 is 0. The summed E-state index contributed by atoms with van der Waals surface area (Å²) in [7, 11) is 5.17. The molecule has 8 heteroatoms. The van der Waals surface area contributed by atoms with Gasteiger partial charge in [0.1, 0.15) is 23.0 Å². The molecule has 4 rings (SSSR count). The van der Waals surface area contributed by atoms with E-state index in [0.29, 0.717) is 47.2 Å². The van der Waals surface area contributed by atoms with Crippen LogP contribution in [-0.2, 0) is 4.79 Å². The second kappa shape index (κ2) is 9.32. The van der Waals surface area contributed by atoms with Crippen molar-refractivity contribution in [3.05, 3.63) is 53.3 Å². The molecule has 2 aromatic carbocycles. The summed E-state index contributed by atoms with van der Waals surface area (Å²) < 4.78 is 22.1. The van der Waals surface area contributed by atoms with Crippen molar-refractivity contribution in [3.8, 4) is 23.0 Å². The van der Waals surface area contributed by atoms with Crippen molar-refractivity contribution in [2.75, 3.05) is 54.1 Å². The maximum atomic E-state index is 12.8. The molecule has 2 aliphatic rings. The van der Waals surface area contributed by atoms with Crippen molar-refractivity contribution in [2.45, 2.75) is 0 Å². The number of allylic oxidation sites excluding steroid dienone is 1. The van der Waals surface area contributed by atoms with Crippen LogP contribution in [0.5, 0.6) is 23.0 Å². The lowest BCUT2D eigenvalue weighted by Gasteiger charge is -2.32. The SMILES string of the molecule is COc1ccc(C=C2Oc3cc(OCC(=O)N4CCN(C)CC4)ccc3C2=O)c(OC)c1. The number of methoxy groups -OCH3 is 2. The van der Waals surface area contributed by atoms with E-state index in [4.69, 9.17) is 18.9 Å². The fourth-order valence-electron chi connectivity index (χ4n) is 3.63. The number of amides is 1. The molecule has 1 amide bonds. The van der Waals surface area contributed by atoms with Gasteiger partial charge in [-0.2, -0.15) is 0 Å². The number of carbonyl (C=O) groups is 2. The van der Waals surface area contributed by atoms with Gasteiger partial charge < -0.3 is 28.7 Å². The van der Waals surface area contributed by atoms with Crippen LogP contribution in [0.3, 0.4) is 0 Å². The molecule has 1 saturated heterocycles. The molecule has 2 heterocycles. The van der Waals surface area contributed by atoms with Crippen LogP contribution in [0.2, 0.25) is 0 Å². The van der Waals surface area contributed by atoms with Crippen molar-refractivity contribution in [1.82, 2.24) is 9.80 Å². The molecule has 8 nitrogen and oxygen atoms in total. The van der Waals surface area contributed by atoms with Crippen LogP contribution in [0.15, 0.2) is 42.2 Å². The molecule has 0 bridgehead atoms. The fourth-order valence-corrected chi connectivity index (χ4v) is 3.63. The molecule has 2 aromatic rings. The average molecular weight is 438 g/mol. The minimum absolute atomic E-state index is 0.0530. The number of likely N-dealkylation sites (N-methyl/N-ethyl adjacent to an activating group) is 1. The highest BCUT2D eigenvalue weighted by atomic mass is 16.5. The van der Waals surface area contributed by atoms with Gasteiger partial charge in [-0.05, 0) is 37.4 Å². The number of fused-ring (bicyclic) bond motifs is 1. The van der Waals surface area contributed by atoms with E-state index in [-0.39, 0.29) is 24.1 Å². The number of rotatable bonds is 6.